The highest BCUT2D eigenvalue weighted by atomic mass is 127. The second kappa shape index (κ2) is 3.84. The molecule has 0 spiro atoms. The number of imidazole rings is 1. The van der Waals surface area contributed by atoms with Crippen LogP contribution in [-0.4, -0.2) is 14.4 Å². The first kappa shape index (κ1) is 10.8. The van der Waals surface area contributed by atoms with E-state index in [1.807, 2.05) is 12.4 Å². The summed E-state index contributed by atoms with van der Waals surface area (Å²) in [5.41, 5.74) is 0.914. The van der Waals surface area contributed by atoms with Crippen LogP contribution in [0.4, 0.5) is 0 Å². The fourth-order valence-corrected chi connectivity index (χ4v) is 3.26. The van der Waals surface area contributed by atoms with Crippen molar-refractivity contribution in [2.75, 3.05) is 0 Å². The van der Waals surface area contributed by atoms with Gasteiger partial charge in [0.25, 0.3) is 0 Å². The van der Waals surface area contributed by atoms with Crippen molar-refractivity contribution in [3.05, 3.63) is 27.1 Å². The van der Waals surface area contributed by atoms with Crippen molar-refractivity contribution in [3.63, 3.8) is 0 Å². The summed E-state index contributed by atoms with van der Waals surface area (Å²) >= 11 is 8.27. The van der Waals surface area contributed by atoms with Crippen molar-refractivity contribution < 1.29 is 0 Å². The maximum atomic E-state index is 6.09. The van der Waals surface area contributed by atoms with Gasteiger partial charge in [-0.05, 0) is 41.4 Å². The lowest BCUT2D eigenvalue weighted by Crippen LogP contribution is -2.21. The molecule has 0 atom stereocenters. The van der Waals surface area contributed by atoms with Gasteiger partial charge in [-0.25, -0.2) is 9.97 Å². The van der Waals surface area contributed by atoms with E-state index in [0.717, 1.165) is 21.0 Å². The number of aromatic nitrogens is 3. The van der Waals surface area contributed by atoms with Gasteiger partial charge in [0.2, 0.25) is 0 Å². The zero-order valence-electron chi connectivity index (χ0n) is 8.82. The van der Waals surface area contributed by atoms with Gasteiger partial charge in [-0.1, -0.05) is 18.5 Å². The molecule has 2 aromatic rings. The molecule has 2 aromatic heterocycles. The van der Waals surface area contributed by atoms with E-state index < -0.39 is 0 Å². The van der Waals surface area contributed by atoms with Gasteiger partial charge in [-0.2, -0.15) is 0 Å². The summed E-state index contributed by atoms with van der Waals surface area (Å²) in [7, 11) is 0. The Hall–Kier alpha value is -0.360. The van der Waals surface area contributed by atoms with Gasteiger partial charge >= 0.3 is 0 Å². The Morgan fingerprint density at radius 1 is 1.50 bits per heavy atom. The second-order valence-corrected chi connectivity index (χ2v) is 5.96. The Labute approximate surface area is 112 Å². The topological polar surface area (TPSA) is 30.2 Å². The highest BCUT2D eigenvalue weighted by molar-refractivity contribution is 14.1. The van der Waals surface area contributed by atoms with E-state index in [4.69, 9.17) is 11.6 Å². The molecule has 1 aliphatic rings. The average Bonchev–Trinajstić information content (AvgIpc) is 2.56. The van der Waals surface area contributed by atoms with Crippen molar-refractivity contribution in [3.8, 4) is 0 Å². The molecule has 3 rings (SSSR count). The third-order valence-corrected chi connectivity index (χ3v) is 4.01. The van der Waals surface area contributed by atoms with Crippen LogP contribution in [-0.2, 0) is 0 Å². The Balaban J connectivity index is 2.12. The molecule has 84 valence electrons. The Kier molecular flexibility index (Phi) is 2.58. The highest BCUT2D eigenvalue weighted by Crippen LogP contribution is 2.40. The van der Waals surface area contributed by atoms with Crippen LogP contribution in [0.25, 0.3) is 5.52 Å². The number of hydrogen-bond acceptors (Lipinski definition) is 2. The van der Waals surface area contributed by atoms with E-state index >= 15 is 0 Å². The highest BCUT2D eigenvalue weighted by Gasteiger charge is 2.30. The lowest BCUT2D eigenvalue weighted by Gasteiger charge is -2.31. The minimum atomic E-state index is 0.540. The number of rotatable bonds is 1. The zero-order valence-corrected chi connectivity index (χ0v) is 11.7. The second-order valence-electron chi connectivity index (χ2n) is 4.50. The summed E-state index contributed by atoms with van der Waals surface area (Å²) in [5, 5.41) is 0.540. The monoisotopic (exact) mass is 347 g/mol. The third-order valence-electron chi connectivity index (χ3n) is 3.22. The molecule has 0 unspecified atom stereocenters. The quantitative estimate of drug-likeness (QED) is 0.739. The molecule has 0 amide bonds. The fourth-order valence-electron chi connectivity index (χ4n) is 2.37. The number of halogens is 2. The van der Waals surface area contributed by atoms with Gasteiger partial charge in [0.15, 0.2) is 5.15 Å². The lowest BCUT2D eigenvalue weighted by molar-refractivity contribution is 0.277. The largest absolute Gasteiger partial charge is 0.298 e. The molecule has 16 heavy (non-hydrogen) atoms. The predicted octanol–water partition coefficient (Wildman–Crippen LogP) is 3.50. The summed E-state index contributed by atoms with van der Waals surface area (Å²) in [6.45, 7) is 2.28. The van der Waals surface area contributed by atoms with Crippen LogP contribution in [0.1, 0.15) is 31.5 Å². The number of nitrogens with zero attached hydrogens (tertiary/aromatic N) is 3. The minimum absolute atomic E-state index is 0.540. The van der Waals surface area contributed by atoms with Gasteiger partial charge in [0.05, 0.1) is 6.20 Å². The molecule has 1 saturated carbocycles. The summed E-state index contributed by atoms with van der Waals surface area (Å²) in [6.07, 6.45) is 6.29. The molecular weight excluding hydrogens is 336 g/mol. The first-order valence-corrected chi connectivity index (χ1v) is 6.80. The minimum Gasteiger partial charge on any atom is -0.298 e. The molecule has 0 saturated heterocycles. The van der Waals surface area contributed by atoms with Crippen LogP contribution in [0.3, 0.4) is 0 Å². The Morgan fingerprint density at radius 2 is 2.25 bits per heavy atom. The molecule has 0 aliphatic heterocycles. The third kappa shape index (κ3) is 1.62. The van der Waals surface area contributed by atoms with E-state index in [0.29, 0.717) is 11.1 Å². The Morgan fingerprint density at radius 3 is 2.94 bits per heavy atom. The summed E-state index contributed by atoms with van der Waals surface area (Å²) in [6, 6.07) is 0. The van der Waals surface area contributed by atoms with Crippen LogP contribution in [0.5, 0.6) is 0 Å². The molecule has 1 fully saturated rings. The summed E-state index contributed by atoms with van der Waals surface area (Å²) < 4.78 is 3.00. The van der Waals surface area contributed by atoms with Crippen LogP contribution < -0.4 is 0 Å². The first-order valence-electron chi connectivity index (χ1n) is 5.34. The van der Waals surface area contributed by atoms with Gasteiger partial charge in [0, 0.05) is 12.1 Å². The van der Waals surface area contributed by atoms with Crippen LogP contribution in [0, 0.1) is 9.62 Å². The van der Waals surface area contributed by atoms with Crippen molar-refractivity contribution in [2.24, 2.45) is 5.92 Å². The van der Waals surface area contributed by atoms with Crippen molar-refractivity contribution in [1.29, 1.82) is 0 Å². The molecule has 1 aliphatic carbocycles. The average molecular weight is 348 g/mol. The van der Waals surface area contributed by atoms with Gasteiger partial charge in [0.1, 0.15) is 15.0 Å². The molecule has 0 aromatic carbocycles. The van der Waals surface area contributed by atoms with Crippen molar-refractivity contribution in [2.45, 2.75) is 25.7 Å². The van der Waals surface area contributed by atoms with E-state index in [2.05, 4.69) is 43.9 Å². The maximum absolute atomic E-state index is 6.09. The normalized spacial score (nSPS) is 24.7. The molecule has 2 heterocycles. The smallest absolute Gasteiger partial charge is 0.155 e. The number of fused-ring (bicyclic) bond motifs is 1. The van der Waals surface area contributed by atoms with Crippen LogP contribution in [0.15, 0.2) is 12.4 Å². The van der Waals surface area contributed by atoms with Crippen molar-refractivity contribution in [1.82, 2.24) is 14.4 Å². The standard InChI is InChI=1S/C11H11ClIN3/c1-6-2-7(3-6)11-14-4-8-10(12)15-9(13)5-16(8)11/h4-7H,2-3H2,1H3. The SMILES string of the molecule is CC1CC(c2ncc3c(Cl)nc(I)cn23)C1. The lowest BCUT2D eigenvalue weighted by atomic mass is 9.76. The van der Waals surface area contributed by atoms with Gasteiger partial charge in [-0.3, -0.25) is 4.40 Å². The zero-order chi connectivity index (χ0) is 11.3. The fraction of sp³-hybridized carbons (Fsp3) is 0.455. The maximum Gasteiger partial charge on any atom is 0.155 e. The summed E-state index contributed by atoms with van der Waals surface area (Å²) in [5.74, 6) is 2.55. The predicted molar refractivity (Wildman–Crippen MR) is 71.9 cm³/mol. The molecule has 3 nitrogen and oxygen atoms in total. The molecule has 0 bridgehead atoms. The number of hydrogen-bond donors (Lipinski definition) is 0. The van der Waals surface area contributed by atoms with E-state index in [-0.39, 0.29) is 0 Å². The molecule has 0 N–H and O–H groups in total. The molecule has 5 heteroatoms. The van der Waals surface area contributed by atoms with Crippen LogP contribution in [0.2, 0.25) is 5.15 Å². The first-order chi connectivity index (χ1) is 7.65. The Bertz CT molecular complexity index is 545. The van der Waals surface area contributed by atoms with Crippen molar-refractivity contribution >= 4 is 39.7 Å². The van der Waals surface area contributed by atoms with E-state index in [9.17, 15) is 0 Å². The summed E-state index contributed by atoms with van der Waals surface area (Å²) in [4.78, 5) is 8.71. The van der Waals surface area contributed by atoms with Gasteiger partial charge < -0.3 is 0 Å². The molecular formula is C11H11ClIN3. The van der Waals surface area contributed by atoms with Crippen LogP contribution >= 0.6 is 34.2 Å². The van der Waals surface area contributed by atoms with E-state index in [1.165, 1.54) is 12.8 Å². The molecule has 0 radical (unpaired) electrons. The van der Waals surface area contributed by atoms with Gasteiger partial charge in [-0.15, -0.1) is 0 Å². The van der Waals surface area contributed by atoms with E-state index in [1.54, 1.807) is 0 Å².